The lowest BCUT2D eigenvalue weighted by Crippen LogP contribution is -2.25. The predicted octanol–water partition coefficient (Wildman–Crippen LogP) is -2.38. The summed E-state index contributed by atoms with van der Waals surface area (Å²) >= 11 is 0. The van der Waals surface area contributed by atoms with Gasteiger partial charge in [0.15, 0.2) is 0 Å². The first-order chi connectivity index (χ1) is 7.47. The summed E-state index contributed by atoms with van der Waals surface area (Å²) in [5.74, 6) is -1.57. The highest BCUT2D eigenvalue weighted by Gasteiger charge is 2.14. The number of nitrogen functional groups attached to an aromatic ring is 1. The van der Waals surface area contributed by atoms with Gasteiger partial charge in [0.2, 0.25) is 17.2 Å². The van der Waals surface area contributed by atoms with Gasteiger partial charge in [-0.25, -0.2) is 0 Å². The molecular weight excluding hydrogens is 220 g/mol. The number of aliphatic hydroxyl groups is 2. The lowest BCUT2D eigenvalue weighted by atomic mass is 10.4. The van der Waals surface area contributed by atoms with Gasteiger partial charge in [-0.3, -0.25) is 5.41 Å². The molecule has 0 aliphatic heterocycles. The van der Waals surface area contributed by atoms with Gasteiger partial charge < -0.3 is 31.0 Å². The van der Waals surface area contributed by atoms with E-state index in [1.807, 2.05) is 0 Å². The van der Waals surface area contributed by atoms with Crippen LogP contribution < -0.4 is 16.0 Å². The Morgan fingerprint density at radius 2 is 2.19 bits per heavy atom. The van der Waals surface area contributed by atoms with Gasteiger partial charge in [0.1, 0.15) is 12.7 Å². The van der Waals surface area contributed by atoms with Crippen LogP contribution in [0.1, 0.15) is 0 Å². The molecule has 16 heavy (non-hydrogen) atoms. The minimum absolute atomic E-state index is 0.171. The third-order valence-electron chi connectivity index (χ3n) is 1.69. The van der Waals surface area contributed by atoms with Crippen molar-refractivity contribution in [1.82, 2.24) is 9.71 Å². The van der Waals surface area contributed by atoms with Crippen LogP contribution in [0.4, 0.5) is 5.95 Å². The van der Waals surface area contributed by atoms with Crippen molar-refractivity contribution in [2.24, 2.45) is 0 Å². The van der Waals surface area contributed by atoms with Crippen LogP contribution >= 0.6 is 0 Å². The molecule has 7 N–H and O–H groups in total. The van der Waals surface area contributed by atoms with Crippen LogP contribution in [0.3, 0.4) is 0 Å². The second kappa shape index (κ2) is 4.68. The molecule has 0 aromatic carbocycles. The second-order valence-electron chi connectivity index (χ2n) is 2.93. The maximum absolute atomic E-state index is 9.33. The molecule has 1 rings (SSSR count). The summed E-state index contributed by atoms with van der Waals surface area (Å²) in [5.41, 5.74) is 4.51. The van der Waals surface area contributed by atoms with Crippen LogP contribution in [-0.2, 0) is 0 Å². The number of aromatic hydroxyl groups is 1. The zero-order valence-corrected chi connectivity index (χ0v) is 8.16. The quantitative estimate of drug-likeness (QED) is 0.316. The van der Waals surface area contributed by atoms with Gasteiger partial charge in [-0.05, 0) is 0 Å². The molecule has 0 saturated carbocycles. The summed E-state index contributed by atoms with van der Waals surface area (Å²) in [5, 5.41) is 43.1. The lowest BCUT2D eigenvalue weighted by molar-refractivity contribution is 0.0504. The van der Waals surface area contributed by atoms with E-state index in [1.165, 1.54) is 0 Å². The molecule has 0 saturated heterocycles. The molecule has 1 aromatic heterocycles. The molecule has 1 aromatic rings. The van der Waals surface area contributed by atoms with Crippen LogP contribution in [0.5, 0.6) is 11.6 Å². The smallest absolute Gasteiger partial charge is 0.264 e. The average molecular weight is 232 g/mol. The van der Waals surface area contributed by atoms with Crippen molar-refractivity contribution in [3.05, 3.63) is 5.49 Å². The first-order valence-electron chi connectivity index (χ1n) is 4.24. The molecule has 9 heteroatoms. The number of rotatable bonds is 4. The van der Waals surface area contributed by atoms with Crippen molar-refractivity contribution < 1.29 is 25.3 Å². The van der Waals surface area contributed by atoms with E-state index in [0.29, 0.717) is 0 Å². The minimum Gasteiger partial charge on any atom is -0.500 e. The molecule has 0 radical (unpaired) electrons. The first kappa shape index (κ1) is 12.1. The molecule has 0 amide bonds. The molecule has 90 valence electrons. The molecule has 0 fully saturated rings. The van der Waals surface area contributed by atoms with Crippen LogP contribution in [-0.4, -0.2) is 49.6 Å². The Morgan fingerprint density at radius 3 is 2.75 bits per heavy atom. The SMILES string of the molecule is N=c1c(O)c(OCC(O)CO)nc(N)n1O. The van der Waals surface area contributed by atoms with Crippen molar-refractivity contribution in [3.63, 3.8) is 0 Å². The minimum atomic E-state index is -1.14. The molecule has 0 bridgehead atoms. The van der Waals surface area contributed by atoms with Crippen molar-refractivity contribution in [1.29, 1.82) is 5.41 Å². The van der Waals surface area contributed by atoms with E-state index in [-0.39, 0.29) is 11.3 Å². The highest BCUT2D eigenvalue weighted by atomic mass is 16.5. The largest absolute Gasteiger partial charge is 0.500 e. The Hall–Kier alpha value is -2.00. The highest BCUT2D eigenvalue weighted by molar-refractivity contribution is 5.34. The zero-order valence-electron chi connectivity index (χ0n) is 8.16. The van der Waals surface area contributed by atoms with Gasteiger partial charge in [0.05, 0.1) is 6.61 Å². The molecule has 1 atom stereocenters. The number of aromatic nitrogens is 2. The second-order valence-corrected chi connectivity index (χ2v) is 2.93. The summed E-state index contributed by atoms with van der Waals surface area (Å²) in [4.78, 5) is 3.45. The normalized spacial score (nSPS) is 12.4. The standard InChI is InChI=1S/C7H12N4O5/c8-5-4(14)6(10-7(9)11(5)15)16-2-3(13)1-12/h3,8,12-15H,1-2H2,(H2,9,10). The summed E-state index contributed by atoms with van der Waals surface area (Å²) < 4.78 is 4.98. The molecule has 0 spiro atoms. The number of hydrogen-bond acceptors (Lipinski definition) is 8. The van der Waals surface area contributed by atoms with E-state index >= 15 is 0 Å². The Balaban J connectivity index is 2.94. The topological polar surface area (TPSA) is 158 Å². The third-order valence-corrected chi connectivity index (χ3v) is 1.69. The monoisotopic (exact) mass is 232 g/mol. The number of nitrogens with two attached hydrogens (primary N) is 1. The van der Waals surface area contributed by atoms with Crippen molar-refractivity contribution in [2.45, 2.75) is 6.10 Å². The zero-order chi connectivity index (χ0) is 12.3. The summed E-state index contributed by atoms with van der Waals surface area (Å²) in [7, 11) is 0. The number of ether oxygens (including phenoxy) is 1. The fraction of sp³-hybridized carbons (Fsp3) is 0.429. The fourth-order valence-electron chi connectivity index (χ4n) is 0.849. The molecular formula is C7H12N4O5. The van der Waals surface area contributed by atoms with E-state index < -0.39 is 35.8 Å². The number of aliphatic hydroxyl groups excluding tert-OH is 2. The van der Waals surface area contributed by atoms with E-state index in [1.54, 1.807) is 0 Å². The van der Waals surface area contributed by atoms with Crippen LogP contribution in [0, 0.1) is 5.41 Å². The highest BCUT2D eigenvalue weighted by Crippen LogP contribution is 2.18. The van der Waals surface area contributed by atoms with Gasteiger partial charge in [-0.15, -0.1) is 4.73 Å². The van der Waals surface area contributed by atoms with E-state index in [4.69, 9.17) is 31.3 Å². The number of anilines is 1. The van der Waals surface area contributed by atoms with Crippen molar-refractivity contribution >= 4 is 5.95 Å². The lowest BCUT2D eigenvalue weighted by Gasteiger charge is -2.11. The number of hydrogen-bond donors (Lipinski definition) is 6. The summed E-state index contributed by atoms with van der Waals surface area (Å²) in [6.07, 6.45) is -1.14. The Kier molecular flexibility index (Phi) is 3.53. The molecule has 9 nitrogen and oxygen atoms in total. The van der Waals surface area contributed by atoms with E-state index in [9.17, 15) is 5.11 Å². The van der Waals surface area contributed by atoms with Crippen LogP contribution in [0.2, 0.25) is 0 Å². The molecule has 0 aliphatic rings. The third kappa shape index (κ3) is 2.32. The summed E-state index contributed by atoms with van der Waals surface area (Å²) in [6.45, 7) is -0.845. The van der Waals surface area contributed by atoms with Gasteiger partial charge in [-0.2, -0.15) is 4.98 Å². The van der Waals surface area contributed by atoms with E-state index in [0.717, 1.165) is 0 Å². The van der Waals surface area contributed by atoms with E-state index in [2.05, 4.69) is 4.98 Å². The molecule has 1 unspecified atom stereocenters. The predicted molar refractivity (Wildman–Crippen MR) is 49.9 cm³/mol. The maximum atomic E-state index is 9.33. The first-order valence-corrected chi connectivity index (χ1v) is 4.24. The fourth-order valence-corrected chi connectivity index (χ4v) is 0.849. The van der Waals surface area contributed by atoms with Crippen molar-refractivity contribution in [2.75, 3.05) is 18.9 Å². The van der Waals surface area contributed by atoms with Gasteiger partial charge >= 0.3 is 0 Å². The Labute approximate surface area is 89.4 Å². The number of nitrogens with zero attached hydrogens (tertiary/aromatic N) is 2. The van der Waals surface area contributed by atoms with Gasteiger partial charge in [0.25, 0.3) is 5.88 Å². The Bertz CT molecular complexity index is 432. The van der Waals surface area contributed by atoms with Gasteiger partial charge in [0, 0.05) is 0 Å². The molecule has 0 aliphatic carbocycles. The van der Waals surface area contributed by atoms with Gasteiger partial charge in [-0.1, -0.05) is 0 Å². The molecule has 1 heterocycles. The van der Waals surface area contributed by atoms with Crippen LogP contribution in [0.15, 0.2) is 0 Å². The number of nitrogens with one attached hydrogen (secondary N) is 1. The average Bonchev–Trinajstić information content (AvgIpc) is 2.28. The maximum Gasteiger partial charge on any atom is 0.264 e. The summed E-state index contributed by atoms with van der Waals surface area (Å²) in [6, 6.07) is 0. The van der Waals surface area contributed by atoms with Crippen molar-refractivity contribution in [3.8, 4) is 11.6 Å². The Morgan fingerprint density at radius 1 is 1.56 bits per heavy atom. The van der Waals surface area contributed by atoms with Crippen LogP contribution in [0.25, 0.3) is 0 Å².